The zero-order chi connectivity index (χ0) is 35.7. The third-order valence-electron chi connectivity index (χ3n) is 7.33. The van der Waals surface area contributed by atoms with Gasteiger partial charge < -0.3 is 37.0 Å². The van der Waals surface area contributed by atoms with Crippen LogP contribution in [0.3, 0.4) is 0 Å². The standard InChI is InChI=1S/C29H57B3N8O7/c1-29(2,3)22(41)10-4-5-11-23(42)36-21(28(47)35-16-7-6-12-24(43)37-30)13-17-33-14-8-9-15-34-25(44)18-40(19-26(45)38-31)20-27(46)39-32/h21,33H,4-20,30-32H2,1-3H3,(H,34,44)(H,35,47)(H,36,42)(H,37,43)(H,38,45)(H,39,46)/t21-/m0/s1. The van der Waals surface area contributed by atoms with Crippen molar-refractivity contribution in [3.05, 3.63) is 0 Å². The molecule has 0 aliphatic rings. The van der Waals surface area contributed by atoms with Crippen LogP contribution in [0.2, 0.25) is 0 Å². The monoisotopic (exact) mass is 662 g/mol. The van der Waals surface area contributed by atoms with E-state index in [4.69, 9.17) is 0 Å². The summed E-state index contributed by atoms with van der Waals surface area (Å²) < 4.78 is 0. The van der Waals surface area contributed by atoms with Crippen LogP contribution in [-0.4, -0.2) is 122 Å². The fourth-order valence-electron chi connectivity index (χ4n) is 4.32. The zero-order valence-corrected chi connectivity index (χ0v) is 29.4. The summed E-state index contributed by atoms with van der Waals surface area (Å²) in [5, 5.41) is 19.3. The predicted octanol–water partition coefficient (Wildman–Crippen LogP) is -3.90. The summed E-state index contributed by atoms with van der Waals surface area (Å²) in [6, 6.07) is -0.725. The van der Waals surface area contributed by atoms with Crippen molar-refractivity contribution >= 4 is 65.2 Å². The minimum atomic E-state index is -0.725. The van der Waals surface area contributed by atoms with Crippen LogP contribution in [0, 0.1) is 5.41 Å². The summed E-state index contributed by atoms with van der Waals surface area (Å²) in [6.07, 6.45) is 5.27. The molecular formula is C29H57B3N8O7. The Balaban J connectivity index is 4.62. The molecule has 0 radical (unpaired) electrons. The minimum Gasteiger partial charge on any atom is -0.406 e. The lowest BCUT2D eigenvalue weighted by Crippen LogP contribution is -2.48. The van der Waals surface area contributed by atoms with E-state index in [1.54, 1.807) is 7.98 Å². The molecule has 18 heteroatoms. The summed E-state index contributed by atoms with van der Waals surface area (Å²) in [5.41, 5.74) is -0.405. The highest BCUT2D eigenvalue weighted by Crippen LogP contribution is 2.18. The number of nitrogens with one attached hydrogen (secondary N) is 7. The molecule has 0 aromatic carbocycles. The van der Waals surface area contributed by atoms with Crippen molar-refractivity contribution in [3.63, 3.8) is 0 Å². The van der Waals surface area contributed by atoms with Gasteiger partial charge in [0.15, 0.2) is 0 Å². The van der Waals surface area contributed by atoms with Crippen LogP contribution >= 0.6 is 0 Å². The lowest BCUT2D eigenvalue weighted by molar-refractivity contribution is -0.129. The van der Waals surface area contributed by atoms with Crippen molar-refractivity contribution in [1.82, 2.24) is 41.9 Å². The Morgan fingerprint density at radius 1 is 0.574 bits per heavy atom. The van der Waals surface area contributed by atoms with Crippen LogP contribution in [0.25, 0.3) is 0 Å². The Morgan fingerprint density at radius 2 is 1.06 bits per heavy atom. The zero-order valence-electron chi connectivity index (χ0n) is 29.4. The number of ketones is 1. The van der Waals surface area contributed by atoms with Crippen LogP contribution in [0.15, 0.2) is 0 Å². The Bertz CT molecular complexity index is 997. The molecule has 7 N–H and O–H groups in total. The van der Waals surface area contributed by atoms with Gasteiger partial charge in [-0.3, -0.25) is 38.5 Å². The Morgan fingerprint density at radius 3 is 1.66 bits per heavy atom. The molecule has 0 aliphatic heterocycles. The molecule has 0 aromatic rings. The lowest BCUT2D eigenvalue weighted by atomic mass is 9.88. The van der Waals surface area contributed by atoms with E-state index in [-0.39, 0.29) is 67.3 Å². The molecule has 0 aromatic heterocycles. The second kappa shape index (κ2) is 25.7. The van der Waals surface area contributed by atoms with Gasteiger partial charge in [-0.15, -0.1) is 0 Å². The van der Waals surface area contributed by atoms with Gasteiger partial charge in [0.05, 0.1) is 19.6 Å². The van der Waals surface area contributed by atoms with Crippen molar-refractivity contribution in [1.29, 1.82) is 0 Å². The third-order valence-corrected chi connectivity index (χ3v) is 7.33. The Hall–Kier alpha value is -3.40. The van der Waals surface area contributed by atoms with Gasteiger partial charge in [0, 0.05) is 37.8 Å². The summed E-state index contributed by atoms with van der Waals surface area (Å²) in [7, 11) is 4.55. The summed E-state index contributed by atoms with van der Waals surface area (Å²) in [4.78, 5) is 86.2. The summed E-state index contributed by atoms with van der Waals surface area (Å²) >= 11 is 0. The minimum absolute atomic E-state index is 0.0542. The SMILES string of the molecule is BNC(=O)CCCCNC(=O)[C@H](CCNCCCCNC(=O)CN(CC(=O)NB)CC(=O)NB)NC(=O)CCCCC(=O)C(C)(C)C. The maximum atomic E-state index is 12.9. The van der Waals surface area contributed by atoms with Crippen molar-refractivity contribution in [2.75, 3.05) is 45.8 Å². The Labute approximate surface area is 282 Å². The number of nitrogens with zero attached hydrogens (tertiary/aromatic N) is 1. The lowest BCUT2D eigenvalue weighted by Gasteiger charge is -2.20. The maximum absolute atomic E-state index is 12.9. The largest absolute Gasteiger partial charge is 0.406 e. The number of hydrogen-bond donors (Lipinski definition) is 7. The molecule has 6 amide bonds. The number of Topliss-reactive ketones (excluding diaryl/α,β-unsaturated/α-hetero) is 1. The van der Waals surface area contributed by atoms with Crippen molar-refractivity contribution in [2.45, 2.75) is 91.0 Å². The van der Waals surface area contributed by atoms with Crippen LogP contribution in [0.4, 0.5) is 0 Å². The fraction of sp³-hybridized carbons (Fsp3) is 0.759. The van der Waals surface area contributed by atoms with Gasteiger partial charge >= 0.3 is 0 Å². The molecule has 1 atom stereocenters. The quantitative estimate of drug-likeness (QED) is 0.0357. The molecule has 264 valence electrons. The van der Waals surface area contributed by atoms with Gasteiger partial charge in [0.25, 0.3) is 0 Å². The van der Waals surface area contributed by atoms with E-state index >= 15 is 0 Å². The second-order valence-corrected chi connectivity index (χ2v) is 12.5. The first-order valence-electron chi connectivity index (χ1n) is 16.6. The first-order chi connectivity index (χ1) is 22.2. The number of carbonyl (C=O) groups is 7. The van der Waals surface area contributed by atoms with E-state index in [0.29, 0.717) is 77.5 Å². The van der Waals surface area contributed by atoms with Crippen molar-refractivity contribution < 1.29 is 33.6 Å². The smallest absolute Gasteiger partial charge is 0.242 e. The first-order valence-corrected chi connectivity index (χ1v) is 16.6. The normalized spacial score (nSPS) is 11.7. The molecule has 0 spiro atoms. The molecule has 0 aliphatic carbocycles. The molecule has 0 unspecified atom stereocenters. The highest BCUT2D eigenvalue weighted by molar-refractivity contribution is 6.15. The molecular weight excluding hydrogens is 605 g/mol. The molecule has 0 saturated heterocycles. The number of hydrogen-bond acceptors (Lipinski definition) is 9. The molecule has 0 fully saturated rings. The average Bonchev–Trinajstić information content (AvgIpc) is 3.02. The number of rotatable bonds is 26. The number of carbonyl (C=O) groups excluding carboxylic acids is 7. The van der Waals surface area contributed by atoms with E-state index in [9.17, 15) is 33.6 Å². The first kappa shape index (κ1) is 43.6. The van der Waals surface area contributed by atoms with E-state index < -0.39 is 11.5 Å². The van der Waals surface area contributed by atoms with Crippen LogP contribution in [0.5, 0.6) is 0 Å². The van der Waals surface area contributed by atoms with Gasteiger partial charge in [0.2, 0.25) is 59.4 Å². The predicted molar refractivity (Wildman–Crippen MR) is 188 cm³/mol. The van der Waals surface area contributed by atoms with Gasteiger partial charge in [-0.1, -0.05) is 20.8 Å². The van der Waals surface area contributed by atoms with Crippen LogP contribution in [0.1, 0.15) is 85.0 Å². The summed E-state index contributed by atoms with van der Waals surface area (Å²) in [5.74, 6) is -1.31. The van der Waals surface area contributed by atoms with Crippen molar-refractivity contribution in [3.8, 4) is 0 Å². The van der Waals surface area contributed by atoms with E-state index in [1.807, 2.05) is 20.8 Å². The molecule has 0 saturated carbocycles. The second-order valence-electron chi connectivity index (χ2n) is 12.5. The van der Waals surface area contributed by atoms with E-state index in [0.717, 1.165) is 6.42 Å². The highest BCUT2D eigenvalue weighted by atomic mass is 16.2. The summed E-state index contributed by atoms with van der Waals surface area (Å²) in [6.45, 7) is 7.34. The fourth-order valence-corrected chi connectivity index (χ4v) is 4.32. The highest BCUT2D eigenvalue weighted by Gasteiger charge is 2.22. The van der Waals surface area contributed by atoms with Gasteiger partial charge in [0.1, 0.15) is 11.8 Å². The molecule has 47 heavy (non-hydrogen) atoms. The average molecular weight is 662 g/mol. The molecule has 0 rings (SSSR count). The molecule has 0 bridgehead atoms. The van der Waals surface area contributed by atoms with Crippen LogP contribution in [-0.2, 0) is 33.6 Å². The van der Waals surface area contributed by atoms with Crippen LogP contribution < -0.4 is 37.0 Å². The van der Waals surface area contributed by atoms with Crippen molar-refractivity contribution in [2.24, 2.45) is 5.41 Å². The Kier molecular flexibility index (Phi) is 23.8. The number of unbranched alkanes of at least 4 members (excludes halogenated alkanes) is 3. The topological polar surface area (TPSA) is 207 Å². The van der Waals surface area contributed by atoms with E-state index in [1.165, 1.54) is 20.9 Å². The van der Waals surface area contributed by atoms with Gasteiger partial charge in [-0.05, 0) is 58.0 Å². The maximum Gasteiger partial charge on any atom is 0.242 e. The molecule has 15 nitrogen and oxygen atoms in total. The van der Waals surface area contributed by atoms with Gasteiger partial charge in [-0.2, -0.15) is 0 Å². The third kappa shape index (κ3) is 23.6. The van der Waals surface area contributed by atoms with E-state index in [2.05, 4.69) is 37.0 Å². The molecule has 0 heterocycles. The number of amides is 6. The van der Waals surface area contributed by atoms with Gasteiger partial charge in [-0.25, -0.2) is 0 Å².